The Labute approximate surface area is 90.8 Å². The van der Waals surface area contributed by atoms with Gasteiger partial charge in [-0.3, -0.25) is 4.99 Å². The van der Waals surface area contributed by atoms with Crippen molar-refractivity contribution < 1.29 is 0 Å². The van der Waals surface area contributed by atoms with Gasteiger partial charge in [-0.2, -0.15) is 5.10 Å². The van der Waals surface area contributed by atoms with Crippen molar-refractivity contribution in [2.45, 2.75) is 26.7 Å². The summed E-state index contributed by atoms with van der Waals surface area (Å²) in [6.07, 6.45) is 9.13. The molecule has 1 rings (SSSR count). The predicted molar refractivity (Wildman–Crippen MR) is 65.0 cm³/mol. The van der Waals surface area contributed by atoms with Crippen LogP contribution in [-0.4, -0.2) is 16.0 Å². The second kappa shape index (κ2) is 5.29. The molecule has 0 unspecified atom stereocenters. The smallest absolute Gasteiger partial charge is 0.0589 e. The summed E-state index contributed by atoms with van der Waals surface area (Å²) in [5.74, 6) is 0.490. The largest absolute Gasteiger partial charge is 0.269 e. The maximum absolute atomic E-state index is 4.23. The van der Waals surface area contributed by atoms with Gasteiger partial charge in [0.05, 0.1) is 11.9 Å². The van der Waals surface area contributed by atoms with Crippen molar-refractivity contribution in [3.05, 3.63) is 36.8 Å². The summed E-state index contributed by atoms with van der Waals surface area (Å²) in [5, 5.41) is 4.23. The molecule has 0 aliphatic rings. The number of aromatic nitrogens is 2. The molecule has 0 aromatic carbocycles. The van der Waals surface area contributed by atoms with Gasteiger partial charge in [-0.25, -0.2) is 4.68 Å². The SMILES string of the molecule is C=C(/C=C\N=CC)n1cc(C(C)C)cn1. The molecule has 0 aliphatic heterocycles. The van der Waals surface area contributed by atoms with E-state index in [0.717, 1.165) is 5.70 Å². The molecular formula is C12H17N3. The maximum Gasteiger partial charge on any atom is 0.0589 e. The molecule has 0 saturated heterocycles. The molecule has 0 fully saturated rings. The number of hydrogen-bond donors (Lipinski definition) is 0. The summed E-state index contributed by atoms with van der Waals surface area (Å²) >= 11 is 0. The van der Waals surface area contributed by atoms with Gasteiger partial charge in [0.2, 0.25) is 0 Å². The first-order valence-corrected chi connectivity index (χ1v) is 5.03. The molecule has 1 heterocycles. The third kappa shape index (κ3) is 3.20. The summed E-state index contributed by atoms with van der Waals surface area (Å²) in [6, 6.07) is 0. The van der Waals surface area contributed by atoms with Gasteiger partial charge in [0.15, 0.2) is 0 Å². The first kappa shape index (κ1) is 11.4. The maximum atomic E-state index is 4.23. The van der Waals surface area contributed by atoms with Crippen molar-refractivity contribution in [3.63, 3.8) is 0 Å². The summed E-state index contributed by atoms with van der Waals surface area (Å²) in [7, 11) is 0. The van der Waals surface area contributed by atoms with Gasteiger partial charge in [0.25, 0.3) is 0 Å². The first-order valence-electron chi connectivity index (χ1n) is 5.03. The third-order valence-electron chi connectivity index (χ3n) is 2.07. The van der Waals surface area contributed by atoms with Gasteiger partial charge < -0.3 is 0 Å². The molecule has 0 bridgehead atoms. The Bertz CT molecular complexity index is 383. The molecule has 0 amide bonds. The van der Waals surface area contributed by atoms with Gasteiger partial charge >= 0.3 is 0 Å². The number of nitrogens with zero attached hydrogens (tertiary/aromatic N) is 3. The topological polar surface area (TPSA) is 30.2 Å². The average molecular weight is 203 g/mol. The Balaban J connectivity index is 2.74. The van der Waals surface area contributed by atoms with Crippen molar-refractivity contribution in [2.75, 3.05) is 0 Å². The standard InChI is InChI=1S/C12H17N3/c1-5-13-7-6-11(4)15-9-12(8-14-15)10(2)3/h5-10H,4H2,1-3H3/b7-6-,13-5?. The number of rotatable bonds is 4. The highest BCUT2D eigenvalue weighted by Crippen LogP contribution is 2.14. The molecule has 80 valence electrons. The van der Waals surface area contributed by atoms with Crippen LogP contribution in [0.4, 0.5) is 0 Å². The molecule has 0 atom stereocenters. The fourth-order valence-electron chi connectivity index (χ4n) is 1.08. The van der Waals surface area contributed by atoms with Crippen LogP contribution in [0, 0.1) is 0 Å². The van der Waals surface area contributed by atoms with Gasteiger partial charge in [-0.1, -0.05) is 20.4 Å². The summed E-state index contributed by atoms with van der Waals surface area (Å²) in [6.45, 7) is 10.1. The number of hydrogen-bond acceptors (Lipinski definition) is 2. The molecule has 0 N–H and O–H groups in total. The molecule has 0 saturated carbocycles. The molecule has 3 heteroatoms. The van der Waals surface area contributed by atoms with Gasteiger partial charge in [-0.05, 0) is 24.5 Å². The van der Waals surface area contributed by atoms with E-state index in [0.29, 0.717) is 5.92 Å². The lowest BCUT2D eigenvalue weighted by Crippen LogP contribution is -1.92. The van der Waals surface area contributed by atoms with E-state index in [2.05, 4.69) is 30.5 Å². The number of allylic oxidation sites excluding steroid dienone is 2. The average Bonchev–Trinajstić information content (AvgIpc) is 2.66. The lowest BCUT2D eigenvalue weighted by atomic mass is 10.1. The van der Waals surface area contributed by atoms with Crippen molar-refractivity contribution in [2.24, 2.45) is 4.99 Å². The fraction of sp³-hybridized carbons (Fsp3) is 0.333. The highest BCUT2D eigenvalue weighted by Gasteiger charge is 2.02. The molecule has 1 aromatic rings. The third-order valence-corrected chi connectivity index (χ3v) is 2.07. The molecule has 0 spiro atoms. The zero-order valence-electron chi connectivity index (χ0n) is 9.51. The fourth-order valence-corrected chi connectivity index (χ4v) is 1.08. The Morgan fingerprint density at radius 3 is 2.87 bits per heavy atom. The van der Waals surface area contributed by atoms with E-state index < -0.39 is 0 Å². The Hall–Kier alpha value is -1.64. The normalized spacial score (nSPS) is 12.0. The van der Waals surface area contributed by atoms with Crippen LogP contribution in [0.5, 0.6) is 0 Å². The van der Waals surface area contributed by atoms with Crippen molar-refractivity contribution >= 4 is 11.9 Å². The van der Waals surface area contributed by atoms with Crippen LogP contribution in [-0.2, 0) is 0 Å². The molecule has 0 aliphatic carbocycles. The molecule has 0 radical (unpaired) electrons. The molecular weight excluding hydrogens is 186 g/mol. The van der Waals surface area contributed by atoms with Crippen molar-refractivity contribution in [1.29, 1.82) is 0 Å². The lowest BCUT2D eigenvalue weighted by Gasteiger charge is -1.99. The Morgan fingerprint density at radius 1 is 1.60 bits per heavy atom. The predicted octanol–water partition coefficient (Wildman–Crippen LogP) is 3.08. The highest BCUT2D eigenvalue weighted by atomic mass is 15.3. The van der Waals surface area contributed by atoms with E-state index in [1.807, 2.05) is 25.4 Å². The number of aliphatic imine (C=N–C) groups is 1. The van der Waals surface area contributed by atoms with Crippen molar-refractivity contribution in [3.8, 4) is 0 Å². The zero-order valence-corrected chi connectivity index (χ0v) is 9.51. The van der Waals surface area contributed by atoms with Crippen molar-refractivity contribution in [1.82, 2.24) is 9.78 Å². The van der Waals surface area contributed by atoms with Crippen LogP contribution >= 0.6 is 0 Å². The lowest BCUT2D eigenvalue weighted by molar-refractivity contribution is 0.864. The zero-order chi connectivity index (χ0) is 11.3. The van der Waals surface area contributed by atoms with Crippen LogP contribution in [0.25, 0.3) is 5.70 Å². The minimum absolute atomic E-state index is 0.490. The Kier molecular flexibility index (Phi) is 4.03. The van der Waals surface area contributed by atoms with E-state index in [9.17, 15) is 0 Å². The highest BCUT2D eigenvalue weighted by molar-refractivity contribution is 5.57. The second-order valence-corrected chi connectivity index (χ2v) is 3.59. The van der Waals surface area contributed by atoms with Crippen LogP contribution in [0.1, 0.15) is 32.3 Å². The quantitative estimate of drug-likeness (QED) is 0.546. The van der Waals surface area contributed by atoms with E-state index in [4.69, 9.17) is 0 Å². The monoisotopic (exact) mass is 203 g/mol. The minimum atomic E-state index is 0.490. The summed E-state index contributed by atoms with van der Waals surface area (Å²) in [5.41, 5.74) is 2.02. The van der Waals surface area contributed by atoms with E-state index in [1.54, 1.807) is 17.1 Å². The molecule has 3 nitrogen and oxygen atoms in total. The van der Waals surface area contributed by atoms with Crippen LogP contribution in [0.15, 0.2) is 36.2 Å². The van der Waals surface area contributed by atoms with E-state index >= 15 is 0 Å². The van der Waals surface area contributed by atoms with E-state index in [-0.39, 0.29) is 0 Å². The van der Waals surface area contributed by atoms with Gasteiger partial charge in [-0.15, -0.1) is 0 Å². The molecule has 15 heavy (non-hydrogen) atoms. The van der Waals surface area contributed by atoms with Crippen LogP contribution in [0.3, 0.4) is 0 Å². The first-order chi connectivity index (χ1) is 7.15. The second-order valence-electron chi connectivity index (χ2n) is 3.59. The van der Waals surface area contributed by atoms with Gasteiger partial charge in [0.1, 0.15) is 0 Å². The minimum Gasteiger partial charge on any atom is -0.269 e. The van der Waals surface area contributed by atoms with Gasteiger partial charge in [0, 0.05) is 18.6 Å². The van der Waals surface area contributed by atoms with Crippen LogP contribution < -0.4 is 0 Å². The summed E-state index contributed by atoms with van der Waals surface area (Å²) < 4.78 is 1.76. The van der Waals surface area contributed by atoms with Crippen LogP contribution in [0.2, 0.25) is 0 Å². The molecule has 1 aromatic heterocycles. The Morgan fingerprint density at radius 2 is 2.33 bits per heavy atom. The van der Waals surface area contributed by atoms with E-state index in [1.165, 1.54) is 5.56 Å². The summed E-state index contributed by atoms with van der Waals surface area (Å²) in [4.78, 5) is 3.97.